The van der Waals surface area contributed by atoms with Crippen molar-refractivity contribution >= 4 is 6.09 Å². The topological polar surface area (TPSA) is 49.8 Å². The molecule has 0 radical (unpaired) electrons. The maximum absolute atomic E-state index is 13.8. The molecule has 1 heterocycles. The Morgan fingerprint density at radius 2 is 2.09 bits per heavy atom. The van der Waals surface area contributed by atoms with Gasteiger partial charge in [-0.25, -0.2) is 9.18 Å². The van der Waals surface area contributed by atoms with Crippen LogP contribution in [0.25, 0.3) is 0 Å². The van der Waals surface area contributed by atoms with E-state index in [1.807, 2.05) is 27.7 Å². The predicted molar refractivity (Wildman–Crippen MR) is 86.6 cm³/mol. The molecule has 0 aliphatic carbocycles. The van der Waals surface area contributed by atoms with Crippen LogP contribution in [0, 0.1) is 18.7 Å². The molecule has 1 aromatic rings. The van der Waals surface area contributed by atoms with Gasteiger partial charge in [0.25, 0.3) is 0 Å². The minimum atomic E-state index is -0.928. The summed E-state index contributed by atoms with van der Waals surface area (Å²) < 4.78 is 19.2. The first-order valence-corrected chi connectivity index (χ1v) is 8.02. The lowest BCUT2D eigenvalue weighted by atomic mass is 9.97. The van der Waals surface area contributed by atoms with Crippen molar-refractivity contribution in [3.8, 4) is 0 Å². The molecule has 1 saturated heterocycles. The van der Waals surface area contributed by atoms with Crippen molar-refractivity contribution in [1.29, 1.82) is 0 Å². The molecule has 1 fully saturated rings. The molecule has 0 bridgehead atoms. The number of likely N-dealkylation sites (tertiary alicyclic amines) is 1. The molecule has 4 nitrogen and oxygen atoms in total. The predicted octanol–water partition coefficient (Wildman–Crippen LogP) is 3.81. The van der Waals surface area contributed by atoms with Crippen LogP contribution in [0.2, 0.25) is 0 Å². The van der Waals surface area contributed by atoms with Gasteiger partial charge in [-0.05, 0) is 57.2 Å². The summed E-state index contributed by atoms with van der Waals surface area (Å²) in [5.41, 5.74) is 0.430. The van der Waals surface area contributed by atoms with Gasteiger partial charge in [0.05, 0.1) is 12.1 Å². The number of amides is 1. The van der Waals surface area contributed by atoms with Crippen LogP contribution in [0.15, 0.2) is 18.2 Å². The SMILES string of the molecule is Cc1ccc(C(O)[C@@H]2C[C@@H](C)CN2C(=O)OC(C)(C)C)cc1F. The van der Waals surface area contributed by atoms with Crippen LogP contribution in [-0.2, 0) is 4.74 Å². The van der Waals surface area contributed by atoms with Gasteiger partial charge in [0.15, 0.2) is 0 Å². The van der Waals surface area contributed by atoms with Gasteiger partial charge in [-0.15, -0.1) is 0 Å². The van der Waals surface area contributed by atoms with Gasteiger partial charge in [0.2, 0.25) is 0 Å². The van der Waals surface area contributed by atoms with Crippen LogP contribution in [0.5, 0.6) is 0 Å². The highest BCUT2D eigenvalue weighted by atomic mass is 19.1. The van der Waals surface area contributed by atoms with Gasteiger partial charge in [-0.3, -0.25) is 0 Å². The molecule has 1 N–H and O–H groups in total. The van der Waals surface area contributed by atoms with Crippen LogP contribution < -0.4 is 0 Å². The minimum Gasteiger partial charge on any atom is -0.444 e. The van der Waals surface area contributed by atoms with E-state index in [2.05, 4.69) is 0 Å². The summed E-state index contributed by atoms with van der Waals surface area (Å²) in [4.78, 5) is 14.0. The Labute approximate surface area is 137 Å². The number of rotatable bonds is 2. The Hall–Kier alpha value is -1.62. The number of hydrogen-bond acceptors (Lipinski definition) is 3. The fourth-order valence-electron chi connectivity index (χ4n) is 2.93. The summed E-state index contributed by atoms with van der Waals surface area (Å²) in [6, 6.07) is 4.29. The summed E-state index contributed by atoms with van der Waals surface area (Å²) in [5.74, 6) is -0.0890. The van der Waals surface area contributed by atoms with E-state index in [1.165, 1.54) is 6.07 Å². The fraction of sp³-hybridized carbons (Fsp3) is 0.611. The van der Waals surface area contributed by atoms with Gasteiger partial charge in [0, 0.05) is 6.54 Å². The Bertz CT molecular complexity index is 582. The highest BCUT2D eigenvalue weighted by molar-refractivity contribution is 5.69. The molecule has 1 aromatic carbocycles. The van der Waals surface area contributed by atoms with Gasteiger partial charge < -0.3 is 14.7 Å². The first kappa shape index (κ1) is 17.7. The van der Waals surface area contributed by atoms with Crippen molar-refractivity contribution in [2.24, 2.45) is 5.92 Å². The Morgan fingerprint density at radius 1 is 1.43 bits per heavy atom. The molecule has 0 spiro atoms. The smallest absolute Gasteiger partial charge is 0.410 e. The maximum atomic E-state index is 13.8. The third kappa shape index (κ3) is 4.22. The molecular formula is C18H26FNO3. The number of carbonyl (C=O) groups excluding carboxylic acids is 1. The second-order valence-electron chi connectivity index (χ2n) is 7.49. The van der Waals surface area contributed by atoms with Crippen molar-refractivity contribution in [3.63, 3.8) is 0 Å². The highest BCUT2D eigenvalue weighted by Gasteiger charge is 2.40. The van der Waals surface area contributed by atoms with Gasteiger partial charge >= 0.3 is 6.09 Å². The molecule has 23 heavy (non-hydrogen) atoms. The van der Waals surface area contributed by atoms with Crippen molar-refractivity contribution in [2.45, 2.75) is 58.8 Å². The number of aliphatic hydroxyl groups excluding tert-OH is 1. The standard InChI is InChI=1S/C18H26FNO3/c1-11-8-15(20(10-11)17(22)23-18(3,4)5)16(21)13-7-6-12(2)14(19)9-13/h6-7,9,11,15-16,21H,8,10H2,1-5H3/t11-,15+,16?/m1/s1. The molecule has 0 saturated carbocycles. The van der Waals surface area contributed by atoms with Crippen molar-refractivity contribution in [1.82, 2.24) is 4.90 Å². The second-order valence-corrected chi connectivity index (χ2v) is 7.49. The third-order valence-corrected chi connectivity index (χ3v) is 4.08. The average molecular weight is 323 g/mol. The zero-order chi connectivity index (χ0) is 17.4. The van der Waals surface area contributed by atoms with E-state index in [1.54, 1.807) is 24.0 Å². The number of aliphatic hydroxyl groups is 1. The van der Waals surface area contributed by atoms with E-state index in [4.69, 9.17) is 4.74 Å². The average Bonchev–Trinajstić information content (AvgIpc) is 2.81. The van der Waals surface area contributed by atoms with E-state index in [-0.39, 0.29) is 11.7 Å². The normalized spacial score (nSPS) is 23.0. The first-order valence-electron chi connectivity index (χ1n) is 8.02. The van der Waals surface area contributed by atoms with E-state index in [0.29, 0.717) is 24.1 Å². The molecule has 128 valence electrons. The van der Waals surface area contributed by atoms with Gasteiger partial charge in [-0.1, -0.05) is 19.1 Å². The first-order chi connectivity index (χ1) is 10.6. The number of halogens is 1. The van der Waals surface area contributed by atoms with Crippen LogP contribution in [-0.4, -0.2) is 34.3 Å². The molecule has 2 rings (SSSR count). The quantitative estimate of drug-likeness (QED) is 0.900. The molecule has 3 atom stereocenters. The van der Waals surface area contributed by atoms with Gasteiger partial charge in [0.1, 0.15) is 11.4 Å². The lowest BCUT2D eigenvalue weighted by Crippen LogP contribution is -2.42. The molecule has 0 aromatic heterocycles. The van der Waals surface area contributed by atoms with Crippen LogP contribution in [0.3, 0.4) is 0 Å². The van der Waals surface area contributed by atoms with Crippen LogP contribution in [0.1, 0.15) is 51.3 Å². The molecule has 5 heteroatoms. The molecule has 1 aliphatic heterocycles. The van der Waals surface area contributed by atoms with E-state index in [0.717, 1.165) is 0 Å². The third-order valence-electron chi connectivity index (χ3n) is 4.08. The number of carbonyl (C=O) groups is 1. The maximum Gasteiger partial charge on any atom is 0.410 e. The zero-order valence-electron chi connectivity index (χ0n) is 14.5. The fourth-order valence-corrected chi connectivity index (χ4v) is 2.93. The zero-order valence-corrected chi connectivity index (χ0v) is 14.5. The number of aryl methyl sites for hydroxylation is 1. The molecule has 1 amide bonds. The lowest BCUT2D eigenvalue weighted by Gasteiger charge is -2.31. The number of benzene rings is 1. The number of nitrogens with zero attached hydrogens (tertiary/aromatic N) is 1. The Morgan fingerprint density at radius 3 is 2.65 bits per heavy atom. The summed E-state index contributed by atoms with van der Waals surface area (Å²) in [6.45, 7) is 9.67. The Kier molecular flexibility index (Phi) is 4.99. The summed E-state index contributed by atoms with van der Waals surface area (Å²) in [6.07, 6.45) is -0.698. The Balaban J connectivity index is 2.21. The molecule has 1 aliphatic rings. The number of hydrogen-bond donors (Lipinski definition) is 1. The summed E-state index contributed by atoms with van der Waals surface area (Å²) in [5, 5.41) is 10.7. The van der Waals surface area contributed by atoms with E-state index in [9.17, 15) is 14.3 Å². The second kappa shape index (κ2) is 6.48. The molecular weight excluding hydrogens is 297 g/mol. The largest absolute Gasteiger partial charge is 0.444 e. The van der Waals surface area contributed by atoms with Crippen molar-refractivity contribution in [3.05, 3.63) is 35.1 Å². The van der Waals surface area contributed by atoms with Crippen molar-refractivity contribution in [2.75, 3.05) is 6.54 Å². The van der Waals surface area contributed by atoms with Crippen LogP contribution >= 0.6 is 0 Å². The summed E-state index contributed by atoms with van der Waals surface area (Å²) >= 11 is 0. The summed E-state index contributed by atoms with van der Waals surface area (Å²) in [7, 11) is 0. The lowest BCUT2D eigenvalue weighted by molar-refractivity contribution is 0.00474. The van der Waals surface area contributed by atoms with E-state index >= 15 is 0 Å². The number of ether oxygens (including phenoxy) is 1. The van der Waals surface area contributed by atoms with E-state index < -0.39 is 23.8 Å². The van der Waals surface area contributed by atoms with Crippen LogP contribution in [0.4, 0.5) is 9.18 Å². The highest BCUT2D eigenvalue weighted by Crippen LogP contribution is 2.33. The van der Waals surface area contributed by atoms with Gasteiger partial charge in [-0.2, -0.15) is 0 Å². The molecule has 1 unspecified atom stereocenters. The monoisotopic (exact) mass is 323 g/mol. The minimum absolute atomic E-state index is 0.262. The van der Waals surface area contributed by atoms with Crippen molar-refractivity contribution < 1.29 is 19.0 Å².